The standard InChI is InChI=1S/C20H19FN4O3/c1-13-7-10-28-18(13)20(27)24-8-2-9-25-16(12-24)11-17(23-25)19(26)22-15-5-3-14(21)4-6-15/h3-7,10-11H,2,8-9,12H2,1H3,(H,22,26). The number of carbonyl (C=O) groups excluding carboxylic acids is 2. The first-order valence-electron chi connectivity index (χ1n) is 8.98. The first-order valence-corrected chi connectivity index (χ1v) is 8.98. The summed E-state index contributed by atoms with van der Waals surface area (Å²) in [6, 6.07) is 8.96. The van der Waals surface area contributed by atoms with Gasteiger partial charge in [0.1, 0.15) is 5.82 Å². The number of hydrogen-bond donors (Lipinski definition) is 1. The maximum Gasteiger partial charge on any atom is 0.290 e. The van der Waals surface area contributed by atoms with E-state index in [1.54, 1.807) is 21.7 Å². The van der Waals surface area contributed by atoms with Crippen molar-refractivity contribution >= 4 is 17.5 Å². The minimum atomic E-state index is -0.382. The van der Waals surface area contributed by atoms with Crippen LogP contribution in [0.5, 0.6) is 0 Å². The van der Waals surface area contributed by atoms with Crippen molar-refractivity contribution in [3.05, 3.63) is 71.2 Å². The van der Waals surface area contributed by atoms with Crippen LogP contribution < -0.4 is 5.32 Å². The summed E-state index contributed by atoms with van der Waals surface area (Å²) in [5, 5.41) is 7.06. The lowest BCUT2D eigenvalue weighted by molar-refractivity contribution is 0.0712. The molecule has 28 heavy (non-hydrogen) atoms. The molecule has 4 rings (SSSR count). The molecule has 2 amide bonds. The second-order valence-electron chi connectivity index (χ2n) is 6.72. The van der Waals surface area contributed by atoms with Crippen LogP contribution in [0.4, 0.5) is 10.1 Å². The molecule has 0 saturated heterocycles. The summed E-state index contributed by atoms with van der Waals surface area (Å²) >= 11 is 0. The number of benzene rings is 1. The number of rotatable bonds is 3. The van der Waals surface area contributed by atoms with Crippen molar-refractivity contribution in [1.29, 1.82) is 0 Å². The van der Waals surface area contributed by atoms with Crippen LogP contribution in [0.15, 0.2) is 47.1 Å². The van der Waals surface area contributed by atoms with E-state index in [0.717, 1.165) is 17.7 Å². The highest BCUT2D eigenvalue weighted by atomic mass is 19.1. The van der Waals surface area contributed by atoms with Gasteiger partial charge in [-0.05, 0) is 49.7 Å². The Morgan fingerprint density at radius 1 is 1.18 bits per heavy atom. The third kappa shape index (κ3) is 3.53. The number of nitrogens with one attached hydrogen (secondary N) is 1. The Morgan fingerprint density at radius 3 is 2.68 bits per heavy atom. The highest BCUT2D eigenvalue weighted by molar-refractivity contribution is 6.03. The number of carbonyl (C=O) groups is 2. The van der Waals surface area contributed by atoms with Crippen molar-refractivity contribution in [2.75, 3.05) is 11.9 Å². The number of halogens is 1. The monoisotopic (exact) mass is 382 g/mol. The van der Waals surface area contributed by atoms with E-state index in [9.17, 15) is 14.0 Å². The van der Waals surface area contributed by atoms with Crippen LogP contribution in [0.2, 0.25) is 0 Å². The summed E-state index contributed by atoms with van der Waals surface area (Å²) < 4.78 is 20.1. The smallest absolute Gasteiger partial charge is 0.290 e. The molecule has 0 radical (unpaired) electrons. The minimum absolute atomic E-state index is 0.172. The molecule has 0 fully saturated rings. The van der Waals surface area contributed by atoms with Gasteiger partial charge < -0.3 is 14.6 Å². The van der Waals surface area contributed by atoms with Gasteiger partial charge in [0.15, 0.2) is 11.5 Å². The number of fused-ring (bicyclic) bond motifs is 1. The number of hydrogen-bond acceptors (Lipinski definition) is 4. The number of aromatic nitrogens is 2. The van der Waals surface area contributed by atoms with E-state index in [4.69, 9.17) is 4.42 Å². The maximum atomic E-state index is 13.0. The molecule has 1 N–H and O–H groups in total. The molecule has 0 aliphatic carbocycles. The Hall–Kier alpha value is -3.42. The van der Waals surface area contributed by atoms with Gasteiger partial charge in [0, 0.05) is 24.3 Å². The fourth-order valence-corrected chi connectivity index (χ4v) is 3.21. The Balaban J connectivity index is 1.51. The Kier molecular flexibility index (Phi) is 4.68. The zero-order valence-corrected chi connectivity index (χ0v) is 15.3. The summed E-state index contributed by atoms with van der Waals surface area (Å²) in [5.41, 5.74) is 2.31. The van der Waals surface area contributed by atoms with Crippen LogP contribution in [-0.2, 0) is 13.1 Å². The topological polar surface area (TPSA) is 80.4 Å². The van der Waals surface area contributed by atoms with Crippen molar-refractivity contribution in [2.45, 2.75) is 26.4 Å². The second kappa shape index (κ2) is 7.30. The van der Waals surface area contributed by atoms with Crippen LogP contribution in [0.1, 0.15) is 38.7 Å². The molecule has 144 valence electrons. The van der Waals surface area contributed by atoms with Crippen LogP contribution in [0.25, 0.3) is 0 Å². The van der Waals surface area contributed by atoms with Gasteiger partial charge in [-0.3, -0.25) is 14.3 Å². The third-order valence-electron chi connectivity index (χ3n) is 4.69. The van der Waals surface area contributed by atoms with Crippen molar-refractivity contribution in [3.8, 4) is 0 Å². The molecule has 3 heterocycles. The van der Waals surface area contributed by atoms with Crippen LogP contribution in [0.3, 0.4) is 0 Å². The molecule has 3 aromatic rings. The molecule has 0 spiro atoms. The lowest BCUT2D eigenvalue weighted by Gasteiger charge is -2.18. The number of amides is 2. The Labute approximate surface area is 160 Å². The Morgan fingerprint density at radius 2 is 1.96 bits per heavy atom. The second-order valence-corrected chi connectivity index (χ2v) is 6.72. The maximum absolute atomic E-state index is 13.0. The van der Waals surface area contributed by atoms with Crippen molar-refractivity contribution in [1.82, 2.24) is 14.7 Å². The van der Waals surface area contributed by atoms with E-state index in [0.29, 0.717) is 31.1 Å². The lowest BCUT2D eigenvalue weighted by atomic mass is 10.2. The van der Waals surface area contributed by atoms with Crippen molar-refractivity contribution in [2.24, 2.45) is 0 Å². The summed E-state index contributed by atoms with van der Waals surface area (Å²) in [4.78, 5) is 26.9. The molecule has 0 atom stereocenters. The van der Waals surface area contributed by atoms with Gasteiger partial charge in [0.25, 0.3) is 11.8 Å². The fraction of sp³-hybridized carbons (Fsp3) is 0.250. The fourth-order valence-electron chi connectivity index (χ4n) is 3.21. The minimum Gasteiger partial charge on any atom is -0.459 e. The predicted octanol–water partition coefficient (Wildman–Crippen LogP) is 3.22. The van der Waals surface area contributed by atoms with Crippen LogP contribution in [-0.4, -0.2) is 33.0 Å². The zero-order chi connectivity index (χ0) is 19.7. The molecule has 1 aromatic carbocycles. The van der Waals surface area contributed by atoms with E-state index in [1.165, 1.54) is 30.5 Å². The SMILES string of the molecule is Cc1ccoc1C(=O)N1CCCn2nc(C(=O)Nc3ccc(F)cc3)cc2C1. The molecule has 0 bridgehead atoms. The van der Waals surface area contributed by atoms with Gasteiger partial charge in [-0.2, -0.15) is 5.10 Å². The summed E-state index contributed by atoms with van der Waals surface area (Å²) in [7, 11) is 0. The molecule has 7 nitrogen and oxygen atoms in total. The number of aryl methyl sites for hydroxylation is 2. The molecule has 1 aliphatic heterocycles. The molecular weight excluding hydrogens is 363 g/mol. The lowest BCUT2D eigenvalue weighted by Crippen LogP contribution is -2.30. The van der Waals surface area contributed by atoms with E-state index >= 15 is 0 Å². The number of nitrogens with zero attached hydrogens (tertiary/aromatic N) is 3. The van der Waals surface area contributed by atoms with E-state index in [2.05, 4.69) is 10.4 Å². The summed E-state index contributed by atoms with van der Waals surface area (Å²) in [5.74, 6) is -0.591. The molecule has 0 unspecified atom stereocenters. The van der Waals surface area contributed by atoms with Crippen molar-refractivity contribution in [3.63, 3.8) is 0 Å². The number of furan rings is 1. The molecular formula is C20H19FN4O3. The van der Waals surface area contributed by atoms with Gasteiger partial charge in [0.05, 0.1) is 18.5 Å². The predicted molar refractivity (Wildman–Crippen MR) is 99.4 cm³/mol. The molecule has 8 heteroatoms. The molecule has 1 aliphatic rings. The number of anilines is 1. The molecule has 2 aromatic heterocycles. The van der Waals surface area contributed by atoms with Crippen LogP contribution >= 0.6 is 0 Å². The molecule has 0 saturated carbocycles. The first kappa shape index (κ1) is 18.0. The highest BCUT2D eigenvalue weighted by Gasteiger charge is 2.25. The summed E-state index contributed by atoms with van der Waals surface area (Å²) in [6.07, 6.45) is 2.22. The summed E-state index contributed by atoms with van der Waals surface area (Å²) in [6.45, 7) is 3.37. The Bertz CT molecular complexity index is 1020. The zero-order valence-electron chi connectivity index (χ0n) is 15.3. The highest BCUT2D eigenvalue weighted by Crippen LogP contribution is 2.19. The largest absolute Gasteiger partial charge is 0.459 e. The third-order valence-corrected chi connectivity index (χ3v) is 4.69. The first-order chi connectivity index (χ1) is 13.5. The van der Waals surface area contributed by atoms with Gasteiger partial charge in [-0.15, -0.1) is 0 Å². The van der Waals surface area contributed by atoms with Gasteiger partial charge in [-0.25, -0.2) is 4.39 Å². The normalized spacial score (nSPS) is 13.7. The van der Waals surface area contributed by atoms with E-state index in [1.807, 2.05) is 6.92 Å². The van der Waals surface area contributed by atoms with Gasteiger partial charge >= 0.3 is 0 Å². The van der Waals surface area contributed by atoms with Crippen LogP contribution in [0, 0.1) is 12.7 Å². The van der Waals surface area contributed by atoms with Gasteiger partial charge in [0.2, 0.25) is 0 Å². The van der Waals surface area contributed by atoms with Gasteiger partial charge in [-0.1, -0.05) is 0 Å². The van der Waals surface area contributed by atoms with E-state index in [-0.39, 0.29) is 23.3 Å². The van der Waals surface area contributed by atoms with Crippen molar-refractivity contribution < 1.29 is 18.4 Å². The quantitative estimate of drug-likeness (QED) is 0.754. The van der Waals surface area contributed by atoms with E-state index < -0.39 is 0 Å². The average molecular weight is 382 g/mol. The average Bonchev–Trinajstić information content (AvgIpc) is 3.23.